The number of aryl methyl sites for hydroxylation is 3. The Labute approximate surface area is 112 Å². The minimum absolute atomic E-state index is 0.291. The SMILES string of the molecule is CC(=O)Oc1c(C)cc(C[n+]2cnn(C)c2)cc1C. The van der Waals surface area contributed by atoms with E-state index in [9.17, 15) is 4.79 Å². The lowest BCUT2D eigenvalue weighted by molar-refractivity contribution is -0.689. The van der Waals surface area contributed by atoms with E-state index in [0.29, 0.717) is 5.75 Å². The number of aromatic nitrogens is 3. The molecular formula is C14H18N3O2+. The Kier molecular flexibility index (Phi) is 3.64. The third kappa shape index (κ3) is 3.19. The van der Waals surface area contributed by atoms with Gasteiger partial charge in [0.15, 0.2) is 0 Å². The summed E-state index contributed by atoms with van der Waals surface area (Å²) in [5.74, 6) is 0.369. The maximum Gasteiger partial charge on any atom is 0.308 e. The van der Waals surface area contributed by atoms with Crippen LogP contribution in [0.25, 0.3) is 0 Å². The average Bonchev–Trinajstić information content (AvgIpc) is 2.69. The second-order valence-electron chi connectivity index (χ2n) is 4.74. The van der Waals surface area contributed by atoms with Gasteiger partial charge in [-0.1, -0.05) is 0 Å². The lowest BCUT2D eigenvalue weighted by atomic mass is 10.1. The smallest absolute Gasteiger partial charge is 0.308 e. The largest absolute Gasteiger partial charge is 0.426 e. The van der Waals surface area contributed by atoms with Crippen LogP contribution >= 0.6 is 0 Å². The highest BCUT2D eigenvalue weighted by Gasteiger charge is 2.10. The molecule has 0 amide bonds. The molecule has 5 nitrogen and oxygen atoms in total. The van der Waals surface area contributed by atoms with Crippen molar-refractivity contribution in [1.82, 2.24) is 9.78 Å². The number of esters is 1. The highest BCUT2D eigenvalue weighted by atomic mass is 16.5. The van der Waals surface area contributed by atoms with Crippen LogP contribution < -0.4 is 9.30 Å². The van der Waals surface area contributed by atoms with Crippen molar-refractivity contribution < 1.29 is 14.1 Å². The summed E-state index contributed by atoms with van der Waals surface area (Å²) >= 11 is 0. The summed E-state index contributed by atoms with van der Waals surface area (Å²) < 4.78 is 8.98. The molecule has 100 valence electrons. The van der Waals surface area contributed by atoms with E-state index >= 15 is 0 Å². The Bertz CT molecular complexity index is 594. The molecule has 1 aromatic heterocycles. The molecular weight excluding hydrogens is 242 g/mol. The minimum atomic E-state index is -0.291. The van der Waals surface area contributed by atoms with Gasteiger partial charge in [0.1, 0.15) is 5.75 Å². The molecule has 0 atom stereocenters. The molecule has 0 radical (unpaired) electrons. The van der Waals surface area contributed by atoms with Crippen LogP contribution in [0.15, 0.2) is 24.8 Å². The number of hydrogen-bond acceptors (Lipinski definition) is 3. The number of benzene rings is 1. The molecule has 2 aromatic rings. The van der Waals surface area contributed by atoms with Crippen molar-refractivity contribution in [2.75, 3.05) is 0 Å². The Morgan fingerprint density at radius 2 is 2.00 bits per heavy atom. The van der Waals surface area contributed by atoms with E-state index in [1.165, 1.54) is 6.92 Å². The Morgan fingerprint density at radius 1 is 1.37 bits per heavy atom. The van der Waals surface area contributed by atoms with E-state index < -0.39 is 0 Å². The molecule has 19 heavy (non-hydrogen) atoms. The molecule has 0 saturated carbocycles. The second-order valence-corrected chi connectivity index (χ2v) is 4.74. The zero-order valence-electron chi connectivity index (χ0n) is 11.7. The van der Waals surface area contributed by atoms with Crippen molar-refractivity contribution in [3.63, 3.8) is 0 Å². The van der Waals surface area contributed by atoms with Crippen LogP contribution in [0.3, 0.4) is 0 Å². The molecule has 1 heterocycles. The molecule has 0 spiro atoms. The Morgan fingerprint density at radius 3 is 2.47 bits per heavy atom. The number of carbonyl (C=O) groups excluding carboxylic acids is 1. The van der Waals surface area contributed by atoms with Gasteiger partial charge in [0.05, 0.1) is 13.6 Å². The van der Waals surface area contributed by atoms with Crippen molar-refractivity contribution in [2.45, 2.75) is 27.3 Å². The molecule has 2 rings (SSSR count). The third-order valence-electron chi connectivity index (χ3n) is 2.83. The minimum Gasteiger partial charge on any atom is -0.426 e. The quantitative estimate of drug-likeness (QED) is 0.475. The van der Waals surface area contributed by atoms with Gasteiger partial charge in [0.25, 0.3) is 6.33 Å². The van der Waals surface area contributed by atoms with Gasteiger partial charge >= 0.3 is 5.97 Å². The van der Waals surface area contributed by atoms with Crippen molar-refractivity contribution in [1.29, 1.82) is 0 Å². The maximum absolute atomic E-state index is 11.1. The lowest BCUT2D eigenvalue weighted by Gasteiger charge is -2.11. The van der Waals surface area contributed by atoms with Gasteiger partial charge in [-0.05, 0) is 42.7 Å². The molecule has 5 heteroatoms. The highest BCUT2D eigenvalue weighted by Crippen LogP contribution is 2.24. The number of ether oxygens (including phenoxy) is 1. The van der Waals surface area contributed by atoms with Gasteiger partial charge in [-0.25, -0.2) is 4.57 Å². The van der Waals surface area contributed by atoms with Gasteiger partial charge in [-0.3, -0.25) is 4.79 Å². The normalized spacial score (nSPS) is 10.5. The molecule has 0 N–H and O–H groups in total. The molecule has 0 aliphatic carbocycles. The van der Waals surface area contributed by atoms with Crippen LogP contribution in [-0.4, -0.2) is 15.7 Å². The first-order chi connectivity index (χ1) is 8.95. The van der Waals surface area contributed by atoms with Crippen molar-refractivity contribution in [2.24, 2.45) is 7.05 Å². The van der Waals surface area contributed by atoms with Crippen LogP contribution in [0.1, 0.15) is 23.6 Å². The topological polar surface area (TPSA) is 48.0 Å². The average molecular weight is 260 g/mol. The Hall–Kier alpha value is -2.17. The number of carbonyl (C=O) groups is 1. The van der Waals surface area contributed by atoms with Gasteiger partial charge in [-0.15, -0.1) is 4.68 Å². The molecule has 0 fully saturated rings. The molecule has 0 bridgehead atoms. The van der Waals surface area contributed by atoms with E-state index in [1.807, 2.05) is 43.9 Å². The molecule has 0 unspecified atom stereocenters. The van der Waals surface area contributed by atoms with Gasteiger partial charge < -0.3 is 4.74 Å². The highest BCUT2D eigenvalue weighted by molar-refractivity contribution is 5.70. The van der Waals surface area contributed by atoms with Gasteiger partial charge in [0, 0.05) is 12.0 Å². The number of rotatable bonds is 3. The van der Waals surface area contributed by atoms with Crippen molar-refractivity contribution >= 4 is 5.97 Å². The standard InChI is InChI=1S/C14H18N3O2/c1-10-5-13(7-17-8-15-16(4)9-17)6-11(2)14(10)19-12(3)18/h5-6,8-9H,7H2,1-4H3/q+1. The van der Waals surface area contributed by atoms with E-state index in [1.54, 1.807) is 11.0 Å². The fourth-order valence-corrected chi connectivity index (χ4v) is 2.15. The van der Waals surface area contributed by atoms with Gasteiger partial charge in [0.2, 0.25) is 6.33 Å². The lowest BCUT2D eigenvalue weighted by Crippen LogP contribution is -2.31. The third-order valence-corrected chi connectivity index (χ3v) is 2.83. The molecule has 0 aliphatic rings. The van der Waals surface area contributed by atoms with E-state index in [0.717, 1.165) is 23.2 Å². The van der Waals surface area contributed by atoms with Crippen molar-refractivity contribution in [3.8, 4) is 5.75 Å². The molecule has 0 aliphatic heterocycles. The van der Waals surface area contributed by atoms with Crippen LogP contribution in [0.2, 0.25) is 0 Å². The van der Waals surface area contributed by atoms with E-state index in [-0.39, 0.29) is 5.97 Å². The van der Waals surface area contributed by atoms with Crippen LogP contribution in [0.5, 0.6) is 5.75 Å². The fraction of sp³-hybridized carbons (Fsp3) is 0.357. The number of nitrogens with zero attached hydrogens (tertiary/aromatic N) is 3. The van der Waals surface area contributed by atoms with E-state index in [4.69, 9.17) is 4.74 Å². The second kappa shape index (κ2) is 5.22. The predicted molar refractivity (Wildman–Crippen MR) is 69.7 cm³/mol. The zero-order chi connectivity index (χ0) is 14.0. The summed E-state index contributed by atoms with van der Waals surface area (Å²) in [5, 5.41) is 4.12. The van der Waals surface area contributed by atoms with Crippen molar-refractivity contribution in [3.05, 3.63) is 41.5 Å². The first-order valence-corrected chi connectivity index (χ1v) is 6.12. The summed E-state index contributed by atoms with van der Waals surface area (Å²) in [5.41, 5.74) is 3.09. The summed E-state index contributed by atoms with van der Waals surface area (Å²) in [6, 6.07) is 4.07. The Balaban J connectivity index is 2.26. The van der Waals surface area contributed by atoms with Crippen LogP contribution in [-0.2, 0) is 18.4 Å². The molecule has 0 saturated heterocycles. The summed E-state index contributed by atoms with van der Waals surface area (Å²) in [6.07, 6.45) is 3.70. The monoisotopic (exact) mass is 260 g/mol. The summed E-state index contributed by atoms with van der Waals surface area (Å²) in [6.45, 7) is 6.06. The van der Waals surface area contributed by atoms with Gasteiger partial charge in [-0.2, -0.15) is 0 Å². The maximum atomic E-state index is 11.1. The number of hydrogen-bond donors (Lipinski definition) is 0. The predicted octanol–water partition coefficient (Wildman–Crippen LogP) is 1.30. The van der Waals surface area contributed by atoms with E-state index in [2.05, 4.69) is 5.10 Å². The molecule has 1 aromatic carbocycles. The first kappa shape index (κ1) is 13.3. The van der Waals surface area contributed by atoms with Crippen LogP contribution in [0.4, 0.5) is 0 Å². The zero-order valence-corrected chi connectivity index (χ0v) is 11.7. The fourth-order valence-electron chi connectivity index (χ4n) is 2.15. The van der Waals surface area contributed by atoms with Crippen LogP contribution in [0, 0.1) is 13.8 Å². The summed E-state index contributed by atoms with van der Waals surface area (Å²) in [7, 11) is 1.89. The first-order valence-electron chi connectivity index (χ1n) is 6.12. The summed E-state index contributed by atoms with van der Waals surface area (Å²) in [4.78, 5) is 11.1.